The van der Waals surface area contributed by atoms with Gasteiger partial charge in [0, 0.05) is 11.8 Å². The molecular weight excluding hydrogens is 150 g/mol. The normalized spacial score (nSPS) is 9.50. The van der Waals surface area contributed by atoms with Gasteiger partial charge in [-0.2, -0.15) is 0 Å². The molecule has 2 heteroatoms. The minimum absolute atomic E-state index is 0.0645. The van der Waals surface area contributed by atoms with Gasteiger partial charge in [0.2, 0.25) is 0 Å². The zero-order valence-electron chi connectivity index (χ0n) is 7.22. The first-order valence-corrected chi connectivity index (χ1v) is 3.77. The molecule has 1 N–H and O–H groups in total. The zero-order valence-corrected chi connectivity index (χ0v) is 7.22. The third kappa shape index (κ3) is 1.59. The van der Waals surface area contributed by atoms with Gasteiger partial charge in [0.15, 0.2) is 5.78 Å². The zero-order chi connectivity index (χ0) is 9.14. The average molecular weight is 161 g/mol. The maximum absolute atomic E-state index is 10.9. The van der Waals surface area contributed by atoms with Crippen LogP contribution < -0.4 is 0 Å². The van der Waals surface area contributed by atoms with E-state index in [0.29, 0.717) is 5.56 Å². The Morgan fingerprint density at radius 3 is 2.58 bits per heavy atom. The van der Waals surface area contributed by atoms with Crippen molar-refractivity contribution < 1.29 is 4.79 Å². The van der Waals surface area contributed by atoms with E-state index in [-0.39, 0.29) is 5.78 Å². The van der Waals surface area contributed by atoms with Crippen LogP contribution in [-0.4, -0.2) is 12.0 Å². The van der Waals surface area contributed by atoms with E-state index in [4.69, 9.17) is 5.41 Å². The fourth-order valence-electron chi connectivity index (χ4n) is 1.06. The van der Waals surface area contributed by atoms with Gasteiger partial charge in [-0.1, -0.05) is 12.1 Å². The van der Waals surface area contributed by atoms with Crippen molar-refractivity contribution in [2.24, 2.45) is 0 Å². The number of Topliss-reactive ketones (excluding diaryl/α,β-unsaturated/α-hetero) is 1. The molecule has 2 nitrogen and oxygen atoms in total. The summed E-state index contributed by atoms with van der Waals surface area (Å²) in [4.78, 5) is 10.9. The highest BCUT2D eigenvalue weighted by molar-refractivity contribution is 5.95. The number of hydrogen-bond acceptors (Lipinski definition) is 2. The van der Waals surface area contributed by atoms with E-state index in [1.165, 1.54) is 6.21 Å². The Labute approximate surface area is 71.7 Å². The molecule has 0 aliphatic heterocycles. The Kier molecular flexibility index (Phi) is 2.38. The van der Waals surface area contributed by atoms with Crippen molar-refractivity contribution in [3.8, 4) is 0 Å². The highest BCUT2D eigenvalue weighted by atomic mass is 16.1. The van der Waals surface area contributed by atoms with Gasteiger partial charge in [-0.3, -0.25) is 4.79 Å². The molecule has 0 aromatic heterocycles. The lowest BCUT2D eigenvalue weighted by atomic mass is 10.0. The van der Waals surface area contributed by atoms with Crippen LogP contribution in [0, 0.1) is 12.3 Å². The number of aryl methyl sites for hydroxylation is 1. The van der Waals surface area contributed by atoms with E-state index in [2.05, 4.69) is 0 Å². The van der Waals surface area contributed by atoms with Gasteiger partial charge in [0.1, 0.15) is 0 Å². The van der Waals surface area contributed by atoms with Crippen molar-refractivity contribution in [3.05, 3.63) is 34.9 Å². The average Bonchev–Trinajstić information content (AvgIpc) is 2.04. The lowest BCUT2D eigenvalue weighted by Crippen LogP contribution is -1.94. The minimum Gasteiger partial charge on any atom is -0.308 e. The topological polar surface area (TPSA) is 40.9 Å². The van der Waals surface area contributed by atoms with Crippen LogP contribution in [0.5, 0.6) is 0 Å². The molecule has 0 amide bonds. The summed E-state index contributed by atoms with van der Waals surface area (Å²) in [5.41, 5.74) is 2.54. The smallest absolute Gasteiger partial charge is 0.159 e. The predicted octanol–water partition coefficient (Wildman–Crippen LogP) is 2.20. The lowest BCUT2D eigenvalue weighted by Gasteiger charge is -2.00. The monoisotopic (exact) mass is 161 g/mol. The molecule has 12 heavy (non-hydrogen) atoms. The van der Waals surface area contributed by atoms with Crippen LogP contribution in [-0.2, 0) is 0 Å². The molecule has 0 spiro atoms. The third-order valence-electron chi connectivity index (χ3n) is 1.83. The number of carbonyl (C=O) groups is 1. The second-order valence-electron chi connectivity index (χ2n) is 2.77. The fraction of sp³-hybridized carbons (Fsp3) is 0.200. The van der Waals surface area contributed by atoms with Crippen molar-refractivity contribution >= 4 is 12.0 Å². The molecule has 0 aliphatic rings. The number of carbonyl (C=O) groups excluding carboxylic acids is 1. The summed E-state index contributed by atoms with van der Waals surface area (Å²) in [6, 6.07) is 5.34. The summed E-state index contributed by atoms with van der Waals surface area (Å²) in [7, 11) is 0. The third-order valence-corrected chi connectivity index (χ3v) is 1.83. The highest BCUT2D eigenvalue weighted by Crippen LogP contribution is 2.09. The molecule has 0 atom stereocenters. The molecule has 1 aromatic rings. The van der Waals surface area contributed by atoms with Crippen LogP contribution >= 0.6 is 0 Å². The van der Waals surface area contributed by atoms with Gasteiger partial charge in [0.05, 0.1) is 0 Å². The maximum Gasteiger partial charge on any atom is 0.159 e. The van der Waals surface area contributed by atoms with E-state index in [9.17, 15) is 4.79 Å². The van der Waals surface area contributed by atoms with Gasteiger partial charge in [0.25, 0.3) is 0 Å². The van der Waals surface area contributed by atoms with Crippen molar-refractivity contribution in [3.63, 3.8) is 0 Å². The second-order valence-corrected chi connectivity index (χ2v) is 2.77. The Hall–Kier alpha value is -1.44. The van der Waals surface area contributed by atoms with E-state index < -0.39 is 0 Å². The molecule has 0 fully saturated rings. The molecule has 0 bridgehead atoms. The van der Waals surface area contributed by atoms with E-state index >= 15 is 0 Å². The number of ketones is 1. The molecule has 62 valence electrons. The molecule has 0 radical (unpaired) electrons. The van der Waals surface area contributed by atoms with Crippen LogP contribution in [0.15, 0.2) is 18.2 Å². The molecule has 0 heterocycles. The molecular formula is C10H11NO. The van der Waals surface area contributed by atoms with E-state index in [1.807, 2.05) is 13.0 Å². The summed E-state index contributed by atoms with van der Waals surface area (Å²) in [6.45, 7) is 3.44. The molecule has 1 rings (SSSR count). The fourth-order valence-corrected chi connectivity index (χ4v) is 1.06. The van der Waals surface area contributed by atoms with Crippen LogP contribution in [0.25, 0.3) is 0 Å². The summed E-state index contributed by atoms with van der Waals surface area (Å²) < 4.78 is 0. The predicted molar refractivity (Wildman–Crippen MR) is 49.1 cm³/mol. The summed E-state index contributed by atoms with van der Waals surface area (Å²) in [6.07, 6.45) is 1.29. The largest absolute Gasteiger partial charge is 0.308 e. The van der Waals surface area contributed by atoms with Crippen LogP contribution in [0.1, 0.15) is 28.4 Å². The molecule has 0 saturated heterocycles. The minimum atomic E-state index is 0.0645. The van der Waals surface area contributed by atoms with Crippen molar-refractivity contribution in [1.29, 1.82) is 5.41 Å². The maximum atomic E-state index is 10.9. The number of nitrogens with one attached hydrogen (secondary N) is 1. The van der Waals surface area contributed by atoms with E-state index in [0.717, 1.165) is 11.1 Å². The van der Waals surface area contributed by atoms with E-state index in [1.54, 1.807) is 19.1 Å². The molecule has 1 aromatic carbocycles. The SMILES string of the molecule is CC(=O)c1ccc(C=N)c(C)c1. The first-order chi connectivity index (χ1) is 5.65. The Balaban J connectivity index is 3.18. The van der Waals surface area contributed by atoms with Crippen molar-refractivity contribution in [2.45, 2.75) is 13.8 Å². The summed E-state index contributed by atoms with van der Waals surface area (Å²) in [5, 5.41) is 7.05. The summed E-state index contributed by atoms with van der Waals surface area (Å²) in [5.74, 6) is 0.0645. The van der Waals surface area contributed by atoms with Crippen LogP contribution in [0.3, 0.4) is 0 Å². The van der Waals surface area contributed by atoms with Gasteiger partial charge < -0.3 is 5.41 Å². The Bertz CT molecular complexity index is 329. The lowest BCUT2D eigenvalue weighted by molar-refractivity contribution is 0.101. The number of benzene rings is 1. The van der Waals surface area contributed by atoms with Gasteiger partial charge in [-0.15, -0.1) is 0 Å². The Morgan fingerprint density at radius 2 is 2.17 bits per heavy atom. The first kappa shape index (κ1) is 8.65. The second kappa shape index (κ2) is 3.30. The van der Waals surface area contributed by atoms with Crippen molar-refractivity contribution in [2.75, 3.05) is 0 Å². The standard InChI is InChI=1S/C10H11NO/c1-7-5-9(8(2)12)3-4-10(7)6-11/h3-6,11H,1-2H3. The van der Waals surface area contributed by atoms with Gasteiger partial charge in [-0.05, 0) is 31.0 Å². The number of hydrogen-bond donors (Lipinski definition) is 1. The van der Waals surface area contributed by atoms with Gasteiger partial charge >= 0.3 is 0 Å². The molecule has 0 saturated carbocycles. The van der Waals surface area contributed by atoms with Crippen LogP contribution in [0.4, 0.5) is 0 Å². The summed E-state index contributed by atoms with van der Waals surface area (Å²) >= 11 is 0. The quantitative estimate of drug-likeness (QED) is 0.524. The van der Waals surface area contributed by atoms with Crippen molar-refractivity contribution in [1.82, 2.24) is 0 Å². The Morgan fingerprint density at radius 1 is 1.50 bits per heavy atom. The highest BCUT2D eigenvalue weighted by Gasteiger charge is 2.00. The number of rotatable bonds is 2. The molecule has 0 unspecified atom stereocenters. The molecule has 0 aliphatic carbocycles. The van der Waals surface area contributed by atoms with Crippen LogP contribution in [0.2, 0.25) is 0 Å². The first-order valence-electron chi connectivity index (χ1n) is 3.77. The van der Waals surface area contributed by atoms with Gasteiger partial charge in [-0.25, -0.2) is 0 Å².